The molecule has 1 aliphatic carbocycles. The Morgan fingerprint density at radius 3 is 2.62 bits per heavy atom. The molecule has 1 heterocycles. The minimum atomic E-state index is -3.79. The molecule has 10 heteroatoms. The smallest absolute Gasteiger partial charge is 0.358 e. The molecule has 1 aromatic rings. The van der Waals surface area contributed by atoms with Crippen molar-refractivity contribution in [2.24, 2.45) is 5.92 Å². The van der Waals surface area contributed by atoms with Crippen molar-refractivity contribution in [3.05, 3.63) is 28.4 Å². The van der Waals surface area contributed by atoms with Crippen LogP contribution in [0.15, 0.2) is 23.2 Å². The predicted molar refractivity (Wildman–Crippen MR) is 71.8 cm³/mol. The molecular weight excluding hydrogens is 300 g/mol. The van der Waals surface area contributed by atoms with Crippen molar-refractivity contribution in [3.63, 3.8) is 0 Å². The SMILES string of the molecule is O=C(NCCNS(=O)(=O)c1ccc([N+](=O)[O-])nc1)C1CC1. The minimum absolute atomic E-state index is 0.0395. The molecule has 0 saturated heterocycles. The number of nitrogens with zero attached hydrogens (tertiary/aromatic N) is 2. The van der Waals surface area contributed by atoms with Gasteiger partial charge in [-0.25, -0.2) is 13.1 Å². The third-order valence-corrected chi connectivity index (χ3v) is 4.33. The molecule has 0 aliphatic heterocycles. The Balaban J connectivity index is 1.85. The largest absolute Gasteiger partial charge is 0.363 e. The van der Waals surface area contributed by atoms with Crippen LogP contribution in [0.4, 0.5) is 5.82 Å². The second kappa shape index (κ2) is 6.14. The summed E-state index contributed by atoms with van der Waals surface area (Å²) in [5.41, 5.74) is 0. The quantitative estimate of drug-likeness (QED) is 0.407. The molecule has 2 rings (SSSR count). The van der Waals surface area contributed by atoms with Gasteiger partial charge in [0.15, 0.2) is 6.20 Å². The molecule has 2 N–H and O–H groups in total. The summed E-state index contributed by atoms with van der Waals surface area (Å²) >= 11 is 0. The summed E-state index contributed by atoms with van der Waals surface area (Å²) in [6, 6.07) is 2.12. The molecule has 1 fully saturated rings. The zero-order valence-corrected chi connectivity index (χ0v) is 11.8. The number of rotatable bonds is 7. The van der Waals surface area contributed by atoms with Crippen LogP contribution < -0.4 is 10.0 Å². The Bertz CT molecular complexity index is 639. The molecule has 0 unspecified atom stereocenters. The van der Waals surface area contributed by atoms with Gasteiger partial charge in [0, 0.05) is 25.1 Å². The number of pyridine rings is 1. The van der Waals surface area contributed by atoms with E-state index in [4.69, 9.17) is 0 Å². The molecule has 21 heavy (non-hydrogen) atoms. The van der Waals surface area contributed by atoms with Crippen LogP contribution in [0.3, 0.4) is 0 Å². The average molecular weight is 314 g/mol. The maximum atomic E-state index is 11.9. The fourth-order valence-corrected chi connectivity index (χ4v) is 2.56. The summed E-state index contributed by atoms with van der Waals surface area (Å²) in [4.78, 5) is 24.3. The predicted octanol–water partition coefficient (Wildman–Crippen LogP) is -0.206. The molecule has 114 valence electrons. The lowest BCUT2D eigenvalue weighted by molar-refractivity contribution is -0.389. The number of sulfonamides is 1. The van der Waals surface area contributed by atoms with Gasteiger partial charge in [-0.2, -0.15) is 0 Å². The van der Waals surface area contributed by atoms with Crippen LogP contribution in [0.2, 0.25) is 0 Å². The maximum Gasteiger partial charge on any atom is 0.363 e. The molecule has 1 amide bonds. The van der Waals surface area contributed by atoms with E-state index in [1.165, 1.54) is 0 Å². The van der Waals surface area contributed by atoms with Crippen LogP contribution in [-0.4, -0.2) is 37.3 Å². The van der Waals surface area contributed by atoms with Crippen molar-refractivity contribution in [2.45, 2.75) is 17.7 Å². The monoisotopic (exact) mass is 314 g/mol. The van der Waals surface area contributed by atoms with Crippen molar-refractivity contribution in [2.75, 3.05) is 13.1 Å². The van der Waals surface area contributed by atoms with E-state index in [2.05, 4.69) is 15.0 Å². The number of aromatic nitrogens is 1. The summed E-state index contributed by atoms with van der Waals surface area (Å²) in [5, 5.41) is 13.1. The van der Waals surface area contributed by atoms with Crippen LogP contribution in [0.1, 0.15) is 12.8 Å². The first-order valence-electron chi connectivity index (χ1n) is 6.28. The van der Waals surface area contributed by atoms with Gasteiger partial charge in [-0.1, -0.05) is 0 Å². The molecule has 0 atom stereocenters. The van der Waals surface area contributed by atoms with E-state index in [9.17, 15) is 23.3 Å². The summed E-state index contributed by atoms with van der Waals surface area (Å²) < 4.78 is 26.0. The van der Waals surface area contributed by atoms with Crippen LogP contribution >= 0.6 is 0 Å². The number of amides is 1. The van der Waals surface area contributed by atoms with Gasteiger partial charge in [-0.05, 0) is 28.8 Å². The Hall–Kier alpha value is -2.07. The molecule has 1 aliphatic rings. The van der Waals surface area contributed by atoms with Gasteiger partial charge in [0.05, 0.1) is 0 Å². The van der Waals surface area contributed by atoms with Crippen LogP contribution in [-0.2, 0) is 14.8 Å². The third kappa shape index (κ3) is 4.20. The first kappa shape index (κ1) is 15.3. The Morgan fingerprint density at radius 2 is 2.10 bits per heavy atom. The zero-order valence-electron chi connectivity index (χ0n) is 11.0. The molecular formula is C11H14N4O5S. The summed E-state index contributed by atoms with van der Waals surface area (Å²) in [5.74, 6) is -0.419. The first-order chi connectivity index (χ1) is 9.90. The van der Waals surface area contributed by atoms with Gasteiger partial charge < -0.3 is 15.4 Å². The van der Waals surface area contributed by atoms with Crippen molar-refractivity contribution < 1.29 is 18.1 Å². The number of hydrogen-bond acceptors (Lipinski definition) is 6. The van der Waals surface area contributed by atoms with E-state index < -0.39 is 20.8 Å². The average Bonchev–Trinajstić information content (AvgIpc) is 3.28. The zero-order chi connectivity index (χ0) is 15.5. The second-order valence-corrected chi connectivity index (χ2v) is 6.34. The van der Waals surface area contributed by atoms with Crippen molar-refractivity contribution in [3.8, 4) is 0 Å². The molecule has 0 aromatic carbocycles. The summed E-state index contributed by atoms with van der Waals surface area (Å²) in [6.07, 6.45) is 2.68. The van der Waals surface area contributed by atoms with E-state index in [0.717, 1.165) is 31.2 Å². The lowest BCUT2D eigenvalue weighted by Crippen LogP contribution is -2.35. The molecule has 1 aromatic heterocycles. The van der Waals surface area contributed by atoms with Crippen molar-refractivity contribution in [1.82, 2.24) is 15.0 Å². The minimum Gasteiger partial charge on any atom is -0.358 e. The number of nitro groups is 1. The van der Waals surface area contributed by atoms with E-state index >= 15 is 0 Å². The lowest BCUT2D eigenvalue weighted by Gasteiger charge is -2.06. The molecule has 0 bridgehead atoms. The van der Waals surface area contributed by atoms with Crippen LogP contribution in [0.5, 0.6) is 0 Å². The van der Waals surface area contributed by atoms with Gasteiger partial charge in [0.25, 0.3) is 0 Å². The van der Waals surface area contributed by atoms with E-state index in [-0.39, 0.29) is 29.8 Å². The Morgan fingerprint density at radius 1 is 1.38 bits per heavy atom. The van der Waals surface area contributed by atoms with Crippen molar-refractivity contribution >= 4 is 21.7 Å². The molecule has 1 saturated carbocycles. The highest BCUT2D eigenvalue weighted by molar-refractivity contribution is 7.89. The first-order valence-corrected chi connectivity index (χ1v) is 7.76. The van der Waals surface area contributed by atoms with Crippen LogP contribution in [0, 0.1) is 16.0 Å². The van der Waals surface area contributed by atoms with E-state index in [1.807, 2.05) is 0 Å². The van der Waals surface area contributed by atoms with E-state index in [0.29, 0.717) is 0 Å². The fraction of sp³-hybridized carbons (Fsp3) is 0.455. The molecule has 9 nitrogen and oxygen atoms in total. The van der Waals surface area contributed by atoms with Gasteiger partial charge in [0.2, 0.25) is 15.9 Å². The van der Waals surface area contributed by atoms with E-state index in [1.54, 1.807) is 0 Å². The lowest BCUT2D eigenvalue weighted by atomic mass is 10.4. The normalized spacial score (nSPS) is 14.7. The summed E-state index contributed by atoms with van der Waals surface area (Å²) in [7, 11) is -3.79. The number of carbonyl (C=O) groups is 1. The van der Waals surface area contributed by atoms with Gasteiger partial charge in [-0.3, -0.25) is 4.79 Å². The van der Waals surface area contributed by atoms with Gasteiger partial charge in [0.1, 0.15) is 4.90 Å². The number of carbonyl (C=O) groups excluding carboxylic acids is 1. The maximum absolute atomic E-state index is 11.9. The van der Waals surface area contributed by atoms with Gasteiger partial charge >= 0.3 is 5.82 Å². The highest BCUT2D eigenvalue weighted by Gasteiger charge is 2.29. The highest BCUT2D eigenvalue weighted by Crippen LogP contribution is 2.28. The number of hydrogen-bond donors (Lipinski definition) is 2. The third-order valence-electron chi connectivity index (χ3n) is 2.88. The topological polar surface area (TPSA) is 131 Å². The molecule has 0 spiro atoms. The second-order valence-electron chi connectivity index (χ2n) is 4.57. The standard InChI is InChI=1S/C11H14N4O5S/c16-11(8-1-2-8)12-5-6-14-21(19,20)9-3-4-10(13-7-9)15(17)18/h3-4,7-8,14H,1-2,5-6H2,(H,12,16). The van der Waals surface area contributed by atoms with Gasteiger partial charge in [-0.15, -0.1) is 0 Å². The fourth-order valence-electron chi connectivity index (χ4n) is 1.58. The number of nitrogens with one attached hydrogen (secondary N) is 2. The molecule has 0 radical (unpaired) electrons. The highest BCUT2D eigenvalue weighted by atomic mass is 32.2. The Labute approximate surface area is 121 Å². The van der Waals surface area contributed by atoms with Crippen molar-refractivity contribution in [1.29, 1.82) is 0 Å². The van der Waals surface area contributed by atoms with Crippen LogP contribution in [0.25, 0.3) is 0 Å². The summed E-state index contributed by atoms with van der Waals surface area (Å²) in [6.45, 7) is 0.229. The Kier molecular flexibility index (Phi) is 4.48.